The fourth-order valence-corrected chi connectivity index (χ4v) is 7.15. The lowest BCUT2D eigenvalue weighted by molar-refractivity contribution is -0.145. The molecule has 4 fully saturated rings. The average molecular weight is 536 g/mol. The Morgan fingerprint density at radius 1 is 1.00 bits per heavy atom. The predicted octanol–water partition coefficient (Wildman–Crippen LogP) is 3.66. The molecule has 0 atom stereocenters. The van der Waals surface area contributed by atoms with Crippen LogP contribution in [0, 0.1) is 17.8 Å². The standard InChI is InChI=1S/C21H23F6N7OS/c1-12-15(20(22,23)24)29-14(36-12)4-31-5-19(6-31)9-33(10-19)17(35)32-7-18(8-32)2-13(3-18)34-11-28-16(30-34)21(25,26)27/h11,13H,2-10H2,1H3. The van der Waals surface area contributed by atoms with Crippen molar-refractivity contribution in [3.63, 3.8) is 0 Å². The Balaban J connectivity index is 0.933. The number of hydrogen-bond acceptors (Lipinski definition) is 6. The number of likely N-dealkylation sites (tertiary alicyclic amines) is 3. The second kappa shape index (κ2) is 7.55. The minimum absolute atomic E-state index is 0.00221. The summed E-state index contributed by atoms with van der Waals surface area (Å²) in [6, 6.07) is -0.161. The summed E-state index contributed by atoms with van der Waals surface area (Å²) in [5.74, 6) is -1.14. The highest BCUT2D eigenvalue weighted by atomic mass is 32.1. The van der Waals surface area contributed by atoms with Gasteiger partial charge in [-0.2, -0.15) is 26.3 Å². The zero-order valence-electron chi connectivity index (χ0n) is 19.2. The quantitative estimate of drug-likeness (QED) is 0.562. The Labute approximate surface area is 205 Å². The number of carbonyl (C=O) groups is 1. The average Bonchev–Trinajstić information content (AvgIpc) is 3.26. The van der Waals surface area contributed by atoms with Crippen LogP contribution in [0.3, 0.4) is 0 Å². The van der Waals surface area contributed by atoms with Gasteiger partial charge in [0.25, 0.3) is 5.82 Å². The maximum atomic E-state index is 13.0. The highest BCUT2D eigenvalue weighted by Gasteiger charge is 2.58. The monoisotopic (exact) mass is 535 g/mol. The molecule has 4 aliphatic rings. The van der Waals surface area contributed by atoms with Gasteiger partial charge in [0.1, 0.15) is 11.3 Å². The number of amides is 2. The molecule has 1 saturated carbocycles. The summed E-state index contributed by atoms with van der Waals surface area (Å²) in [7, 11) is 0. The summed E-state index contributed by atoms with van der Waals surface area (Å²) in [5.41, 5.74) is -0.861. The number of aromatic nitrogens is 4. The first-order valence-corrected chi connectivity index (χ1v) is 12.3. The van der Waals surface area contributed by atoms with Gasteiger partial charge in [-0.15, -0.1) is 16.4 Å². The molecular formula is C21H23F6N7OS. The van der Waals surface area contributed by atoms with E-state index >= 15 is 0 Å². The third-order valence-electron chi connectivity index (χ3n) is 7.71. The largest absolute Gasteiger partial charge is 0.453 e. The number of urea groups is 1. The van der Waals surface area contributed by atoms with Gasteiger partial charge in [0.05, 0.1) is 12.6 Å². The van der Waals surface area contributed by atoms with Crippen molar-refractivity contribution in [2.45, 2.75) is 44.7 Å². The van der Waals surface area contributed by atoms with Gasteiger partial charge >= 0.3 is 18.4 Å². The van der Waals surface area contributed by atoms with Crippen LogP contribution in [0.4, 0.5) is 31.1 Å². The number of rotatable bonds is 3. The fraction of sp³-hybridized carbons (Fsp3) is 0.714. The Morgan fingerprint density at radius 3 is 2.14 bits per heavy atom. The van der Waals surface area contributed by atoms with Crippen molar-refractivity contribution < 1.29 is 31.1 Å². The van der Waals surface area contributed by atoms with Crippen LogP contribution < -0.4 is 0 Å². The van der Waals surface area contributed by atoms with E-state index in [1.54, 1.807) is 9.80 Å². The molecule has 0 radical (unpaired) electrons. The molecule has 1 aliphatic carbocycles. The number of halogens is 6. The highest BCUT2D eigenvalue weighted by molar-refractivity contribution is 7.11. The van der Waals surface area contributed by atoms with Gasteiger partial charge in [0, 0.05) is 55.0 Å². The van der Waals surface area contributed by atoms with E-state index in [0.29, 0.717) is 50.6 Å². The summed E-state index contributed by atoms with van der Waals surface area (Å²) >= 11 is 1.07. The van der Waals surface area contributed by atoms with Crippen molar-refractivity contribution in [3.05, 3.63) is 27.7 Å². The number of carbonyl (C=O) groups excluding carboxylic acids is 1. The van der Waals surface area contributed by atoms with E-state index in [4.69, 9.17) is 0 Å². The lowest BCUT2D eigenvalue weighted by atomic mass is 9.60. The van der Waals surface area contributed by atoms with E-state index < -0.39 is 23.9 Å². The maximum absolute atomic E-state index is 13.0. The van der Waals surface area contributed by atoms with Crippen molar-refractivity contribution in [1.29, 1.82) is 0 Å². The van der Waals surface area contributed by atoms with Crippen molar-refractivity contribution in [3.8, 4) is 0 Å². The van der Waals surface area contributed by atoms with Crippen LogP contribution in [0.1, 0.15) is 40.3 Å². The third kappa shape index (κ3) is 3.94. The van der Waals surface area contributed by atoms with E-state index in [1.165, 1.54) is 11.6 Å². The van der Waals surface area contributed by atoms with Crippen LogP contribution in [-0.2, 0) is 18.9 Å². The van der Waals surface area contributed by atoms with Crippen molar-refractivity contribution in [1.82, 2.24) is 34.4 Å². The van der Waals surface area contributed by atoms with E-state index in [-0.39, 0.29) is 27.8 Å². The van der Waals surface area contributed by atoms with Crippen LogP contribution in [-0.4, -0.2) is 79.7 Å². The molecule has 2 amide bonds. The summed E-state index contributed by atoms with van der Waals surface area (Å²) in [6.07, 6.45) is -6.54. The van der Waals surface area contributed by atoms with Crippen LogP contribution in [0.15, 0.2) is 6.33 Å². The SMILES string of the molecule is Cc1sc(CN2CC3(C2)CN(C(=O)N2CC4(CC(n5cnc(C(F)(F)F)n5)C4)C2)C3)nc1C(F)(F)F. The zero-order valence-corrected chi connectivity index (χ0v) is 20.0. The third-order valence-corrected chi connectivity index (χ3v) is 8.66. The molecule has 3 saturated heterocycles. The first kappa shape index (κ1) is 23.9. The van der Waals surface area contributed by atoms with E-state index in [2.05, 4.69) is 20.0 Å². The molecule has 5 heterocycles. The minimum Gasteiger partial charge on any atom is -0.323 e. The van der Waals surface area contributed by atoms with Gasteiger partial charge in [0.15, 0.2) is 5.69 Å². The number of alkyl halides is 6. The summed E-state index contributed by atoms with van der Waals surface area (Å²) in [6.45, 7) is 5.67. The zero-order chi connectivity index (χ0) is 25.7. The molecule has 0 bridgehead atoms. The molecule has 196 valence electrons. The summed E-state index contributed by atoms with van der Waals surface area (Å²) < 4.78 is 78.2. The van der Waals surface area contributed by atoms with Gasteiger partial charge in [-0.3, -0.25) is 4.90 Å². The number of thiazole rings is 1. The van der Waals surface area contributed by atoms with Crippen molar-refractivity contribution in [2.24, 2.45) is 10.8 Å². The Morgan fingerprint density at radius 2 is 1.61 bits per heavy atom. The number of aryl methyl sites for hydroxylation is 1. The Bertz CT molecular complexity index is 1180. The van der Waals surface area contributed by atoms with Crippen LogP contribution in [0.5, 0.6) is 0 Å². The van der Waals surface area contributed by atoms with E-state index in [1.807, 2.05) is 0 Å². The molecule has 0 aromatic carbocycles. The van der Waals surface area contributed by atoms with Crippen LogP contribution >= 0.6 is 11.3 Å². The molecule has 2 aromatic heterocycles. The second-order valence-corrected chi connectivity index (χ2v) is 12.0. The molecule has 15 heteroatoms. The number of nitrogens with zero attached hydrogens (tertiary/aromatic N) is 7. The normalized spacial score (nSPS) is 23.4. The molecule has 0 unspecified atom stereocenters. The topological polar surface area (TPSA) is 70.4 Å². The molecule has 6 rings (SSSR count). The minimum atomic E-state index is -4.56. The van der Waals surface area contributed by atoms with Crippen LogP contribution in [0.25, 0.3) is 0 Å². The Hall–Kier alpha value is -2.42. The van der Waals surface area contributed by atoms with Crippen molar-refractivity contribution >= 4 is 17.4 Å². The Kier molecular flexibility index (Phi) is 5.03. The lowest BCUT2D eigenvalue weighted by Gasteiger charge is -2.63. The van der Waals surface area contributed by atoms with E-state index in [9.17, 15) is 31.1 Å². The molecule has 2 spiro atoms. The molecule has 2 aromatic rings. The van der Waals surface area contributed by atoms with Gasteiger partial charge < -0.3 is 9.80 Å². The summed E-state index contributed by atoms with van der Waals surface area (Å²) in [5, 5.41) is 4.00. The summed E-state index contributed by atoms with van der Waals surface area (Å²) in [4.78, 5) is 25.7. The molecule has 8 nitrogen and oxygen atoms in total. The number of hydrogen-bond donors (Lipinski definition) is 0. The molecular weight excluding hydrogens is 512 g/mol. The smallest absolute Gasteiger partial charge is 0.323 e. The van der Waals surface area contributed by atoms with Gasteiger partial charge in [0.2, 0.25) is 0 Å². The lowest BCUT2D eigenvalue weighted by Crippen LogP contribution is -2.75. The van der Waals surface area contributed by atoms with Crippen molar-refractivity contribution in [2.75, 3.05) is 39.3 Å². The second-order valence-electron chi connectivity index (χ2n) is 10.8. The molecule has 0 N–H and O–H groups in total. The predicted molar refractivity (Wildman–Crippen MR) is 114 cm³/mol. The van der Waals surface area contributed by atoms with Crippen LogP contribution in [0.2, 0.25) is 0 Å². The highest BCUT2D eigenvalue weighted by Crippen LogP contribution is 2.54. The van der Waals surface area contributed by atoms with Gasteiger partial charge in [-0.25, -0.2) is 19.4 Å². The van der Waals surface area contributed by atoms with Gasteiger partial charge in [-0.1, -0.05) is 0 Å². The van der Waals surface area contributed by atoms with E-state index in [0.717, 1.165) is 30.8 Å². The molecule has 36 heavy (non-hydrogen) atoms. The first-order chi connectivity index (χ1) is 16.7. The fourth-order valence-electron chi connectivity index (χ4n) is 6.15. The van der Waals surface area contributed by atoms with Gasteiger partial charge in [-0.05, 0) is 19.8 Å². The molecule has 3 aliphatic heterocycles. The first-order valence-electron chi connectivity index (χ1n) is 11.5. The maximum Gasteiger partial charge on any atom is 0.453 e.